The van der Waals surface area contributed by atoms with Crippen molar-refractivity contribution in [2.24, 2.45) is 0 Å². The smallest absolute Gasteiger partial charge is 0.159 e. The molecule has 0 aromatic heterocycles. The van der Waals surface area contributed by atoms with Gasteiger partial charge in [0, 0.05) is 11.9 Å². The predicted molar refractivity (Wildman–Crippen MR) is 61.1 cm³/mol. The molecule has 0 aliphatic carbocycles. The molecule has 0 aliphatic heterocycles. The second-order valence-electron chi connectivity index (χ2n) is 3.32. The van der Waals surface area contributed by atoms with Crippen molar-refractivity contribution in [3.05, 3.63) is 35.4 Å². The van der Waals surface area contributed by atoms with Crippen LogP contribution >= 0.6 is 15.9 Å². The van der Waals surface area contributed by atoms with Gasteiger partial charge in [0.1, 0.15) is 0 Å². The van der Waals surface area contributed by atoms with E-state index in [1.54, 1.807) is 6.07 Å². The lowest BCUT2D eigenvalue weighted by Crippen LogP contribution is -2.14. The molecule has 1 N–H and O–H groups in total. The molecule has 0 aliphatic rings. The fraction of sp³-hybridized carbons (Fsp3) is 0.455. The van der Waals surface area contributed by atoms with Gasteiger partial charge in [-0.2, -0.15) is 0 Å². The number of nitrogens with one attached hydrogen (secondary N) is 1. The molecule has 0 atom stereocenters. The van der Waals surface area contributed by atoms with Crippen LogP contribution in [0.15, 0.2) is 18.2 Å². The monoisotopic (exact) mass is 277 g/mol. The molecule has 0 bridgehead atoms. The average molecular weight is 278 g/mol. The van der Waals surface area contributed by atoms with E-state index in [9.17, 15) is 8.78 Å². The quantitative estimate of drug-likeness (QED) is 0.622. The van der Waals surface area contributed by atoms with E-state index in [0.29, 0.717) is 6.54 Å². The normalized spacial score (nSPS) is 10.6. The number of halogens is 3. The highest BCUT2D eigenvalue weighted by Gasteiger charge is 2.01. The van der Waals surface area contributed by atoms with Crippen LogP contribution in [-0.4, -0.2) is 11.9 Å². The maximum Gasteiger partial charge on any atom is 0.159 e. The highest BCUT2D eigenvalue weighted by Crippen LogP contribution is 2.08. The maximum atomic E-state index is 12.8. The molecule has 0 saturated carbocycles. The Balaban J connectivity index is 2.28. The summed E-state index contributed by atoms with van der Waals surface area (Å²) in [7, 11) is 0. The van der Waals surface area contributed by atoms with E-state index in [1.165, 1.54) is 6.07 Å². The zero-order valence-electron chi connectivity index (χ0n) is 8.40. The zero-order valence-corrected chi connectivity index (χ0v) is 9.99. The second kappa shape index (κ2) is 6.90. The maximum absolute atomic E-state index is 12.8. The third kappa shape index (κ3) is 4.71. The molecule has 1 aromatic carbocycles. The summed E-state index contributed by atoms with van der Waals surface area (Å²) >= 11 is 3.34. The summed E-state index contributed by atoms with van der Waals surface area (Å²) < 4.78 is 25.4. The Kier molecular flexibility index (Phi) is 5.79. The highest BCUT2D eigenvalue weighted by molar-refractivity contribution is 9.09. The minimum absolute atomic E-state index is 0.583. The van der Waals surface area contributed by atoms with Crippen molar-refractivity contribution in [2.45, 2.75) is 19.4 Å². The van der Waals surface area contributed by atoms with Gasteiger partial charge in [-0.15, -0.1) is 0 Å². The number of benzene rings is 1. The van der Waals surface area contributed by atoms with E-state index in [1.807, 2.05) is 0 Å². The van der Waals surface area contributed by atoms with Crippen molar-refractivity contribution >= 4 is 15.9 Å². The number of unbranched alkanes of at least 4 members (excludes halogenated alkanes) is 1. The van der Waals surface area contributed by atoms with Crippen LogP contribution in [0, 0.1) is 11.6 Å². The Bertz CT molecular complexity index is 305. The van der Waals surface area contributed by atoms with Crippen molar-refractivity contribution in [3.63, 3.8) is 0 Å². The van der Waals surface area contributed by atoms with E-state index >= 15 is 0 Å². The summed E-state index contributed by atoms with van der Waals surface area (Å²) in [6.45, 7) is 1.48. The van der Waals surface area contributed by atoms with Gasteiger partial charge in [-0.3, -0.25) is 0 Å². The summed E-state index contributed by atoms with van der Waals surface area (Å²) in [4.78, 5) is 0. The van der Waals surface area contributed by atoms with E-state index in [-0.39, 0.29) is 0 Å². The third-order valence-electron chi connectivity index (χ3n) is 2.05. The molecule has 1 nitrogen and oxygen atoms in total. The summed E-state index contributed by atoms with van der Waals surface area (Å²) in [5.74, 6) is -1.58. The van der Waals surface area contributed by atoms with Crippen molar-refractivity contribution < 1.29 is 8.78 Å². The van der Waals surface area contributed by atoms with Crippen LogP contribution < -0.4 is 5.32 Å². The average Bonchev–Trinajstić information content (AvgIpc) is 2.23. The molecule has 0 unspecified atom stereocenters. The Hall–Kier alpha value is -0.480. The van der Waals surface area contributed by atoms with Crippen LogP contribution in [0.3, 0.4) is 0 Å². The Morgan fingerprint density at radius 1 is 1.13 bits per heavy atom. The minimum Gasteiger partial charge on any atom is -0.313 e. The molecule has 15 heavy (non-hydrogen) atoms. The first-order chi connectivity index (χ1) is 7.24. The molecule has 84 valence electrons. The number of hydrogen-bond acceptors (Lipinski definition) is 1. The SMILES string of the molecule is Fc1ccc(CNCCCCBr)cc1F. The van der Waals surface area contributed by atoms with Gasteiger partial charge < -0.3 is 5.32 Å². The summed E-state index contributed by atoms with van der Waals surface area (Å²) in [6.07, 6.45) is 2.19. The van der Waals surface area contributed by atoms with Gasteiger partial charge in [0.05, 0.1) is 0 Å². The molecule has 0 saturated heterocycles. The van der Waals surface area contributed by atoms with Gasteiger partial charge in [-0.25, -0.2) is 8.78 Å². The first kappa shape index (κ1) is 12.6. The minimum atomic E-state index is -0.793. The summed E-state index contributed by atoms with van der Waals surface area (Å²) in [5.41, 5.74) is 0.771. The van der Waals surface area contributed by atoms with Gasteiger partial charge in [0.25, 0.3) is 0 Å². The first-order valence-electron chi connectivity index (χ1n) is 4.94. The van der Waals surface area contributed by atoms with E-state index in [2.05, 4.69) is 21.2 Å². The topological polar surface area (TPSA) is 12.0 Å². The lowest BCUT2D eigenvalue weighted by molar-refractivity contribution is 0.506. The lowest BCUT2D eigenvalue weighted by atomic mass is 10.2. The molecule has 0 spiro atoms. The largest absolute Gasteiger partial charge is 0.313 e. The molecular weight excluding hydrogens is 264 g/mol. The van der Waals surface area contributed by atoms with Crippen LogP contribution in [0.2, 0.25) is 0 Å². The molecule has 1 aromatic rings. The van der Waals surface area contributed by atoms with Crippen LogP contribution in [0.1, 0.15) is 18.4 Å². The fourth-order valence-corrected chi connectivity index (χ4v) is 1.62. The highest BCUT2D eigenvalue weighted by atomic mass is 79.9. The van der Waals surface area contributed by atoms with E-state index in [0.717, 1.165) is 36.3 Å². The van der Waals surface area contributed by atoms with Crippen molar-refractivity contribution in [3.8, 4) is 0 Å². The van der Waals surface area contributed by atoms with Gasteiger partial charge >= 0.3 is 0 Å². The second-order valence-corrected chi connectivity index (χ2v) is 4.11. The van der Waals surface area contributed by atoms with Crippen LogP contribution in [-0.2, 0) is 6.54 Å². The van der Waals surface area contributed by atoms with Crippen LogP contribution in [0.5, 0.6) is 0 Å². The van der Waals surface area contributed by atoms with Gasteiger partial charge in [0.2, 0.25) is 0 Å². The lowest BCUT2D eigenvalue weighted by Gasteiger charge is -2.04. The zero-order chi connectivity index (χ0) is 11.1. The van der Waals surface area contributed by atoms with Crippen molar-refractivity contribution in [2.75, 3.05) is 11.9 Å². The molecule has 0 heterocycles. The van der Waals surface area contributed by atoms with E-state index < -0.39 is 11.6 Å². The summed E-state index contributed by atoms with van der Waals surface area (Å²) in [5, 5.41) is 4.17. The van der Waals surface area contributed by atoms with Crippen LogP contribution in [0.4, 0.5) is 8.78 Å². The first-order valence-corrected chi connectivity index (χ1v) is 6.07. The molecule has 0 radical (unpaired) electrons. The van der Waals surface area contributed by atoms with Crippen LogP contribution in [0.25, 0.3) is 0 Å². The van der Waals surface area contributed by atoms with Gasteiger partial charge in [0.15, 0.2) is 11.6 Å². The predicted octanol–water partition coefficient (Wildman–Crippen LogP) is 3.23. The van der Waals surface area contributed by atoms with Crippen molar-refractivity contribution in [1.29, 1.82) is 0 Å². The molecule has 4 heteroatoms. The van der Waals surface area contributed by atoms with Gasteiger partial charge in [-0.05, 0) is 37.1 Å². The molecule has 0 amide bonds. The Morgan fingerprint density at radius 3 is 2.60 bits per heavy atom. The number of alkyl halides is 1. The fourth-order valence-electron chi connectivity index (χ4n) is 1.23. The van der Waals surface area contributed by atoms with Gasteiger partial charge in [-0.1, -0.05) is 22.0 Å². The molecule has 1 rings (SSSR count). The van der Waals surface area contributed by atoms with E-state index in [4.69, 9.17) is 0 Å². The Morgan fingerprint density at radius 2 is 1.93 bits per heavy atom. The standard InChI is InChI=1S/C11H14BrF2N/c12-5-1-2-6-15-8-9-3-4-10(13)11(14)7-9/h3-4,7,15H,1-2,5-6,8H2. The Labute approximate surface area is 97.0 Å². The third-order valence-corrected chi connectivity index (χ3v) is 2.61. The number of rotatable bonds is 6. The molecule has 0 fully saturated rings. The summed E-state index contributed by atoms with van der Waals surface area (Å²) in [6, 6.07) is 3.98. The van der Waals surface area contributed by atoms with Crippen molar-refractivity contribution in [1.82, 2.24) is 5.32 Å². The molecular formula is C11H14BrF2N. The number of hydrogen-bond donors (Lipinski definition) is 1.